The van der Waals surface area contributed by atoms with Crippen LogP contribution >= 0.6 is 0 Å². The van der Waals surface area contributed by atoms with Crippen molar-refractivity contribution >= 4 is 17.6 Å². The van der Waals surface area contributed by atoms with E-state index < -0.39 is 5.97 Å². The molecule has 1 aliphatic heterocycles. The normalized spacial score (nSPS) is 16.4. The lowest BCUT2D eigenvalue weighted by atomic mass is 10.0. The van der Waals surface area contributed by atoms with Crippen LogP contribution in [0, 0.1) is 13.8 Å². The summed E-state index contributed by atoms with van der Waals surface area (Å²) in [6, 6.07) is 4.16. The highest BCUT2D eigenvalue weighted by Crippen LogP contribution is 2.26. The van der Waals surface area contributed by atoms with Crippen molar-refractivity contribution in [1.82, 2.24) is 25.1 Å². The van der Waals surface area contributed by atoms with Crippen LogP contribution in [0.5, 0.6) is 0 Å². The van der Waals surface area contributed by atoms with Crippen LogP contribution in [0.15, 0.2) is 36.9 Å². The van der Waals surface area contributed by atoms with Crippen LogP contribution in [-0.4, -0.2) is 61.9 Å². The second-order valence-corrected chi connectivity index (χ2v) is 7.81. The molecular weight excluding hydrogens is 394 g/mol. The monoisotopic (exact) mass is 419 g/mol. The minimum atomic E-state index is -1.08. The summed E-state index contributed by atoms with van der Waals surface area (Å²) < 4.78 is 0. The van der Waals surface area contributed by atoms with Crippen LogP contribution in [0.3, 0.4) is 0 Å². The van der Waals surface area contributed by atoms with Gasteiger partial charge in [-0.15, -0.1) is 5.10 Å². The van der Waals surface area contributed by atoms with Crippen LogP contribution in [0.25, 0.3) is 0 Å². The van der Waals surface area contributed by atoms with Crippen molar-refractivity contribution in [3.8, 4) is 0 Å². The summed E-state index contributed by atoms with van der Waals surface area (Å²) in [4.78, 5) is 27.7. The predicted octanol–water partition coefficient (Wildman–Crippen LogP) is 2.28. The highest BCUT2D eigenvalue weighted by Gasteiger charge is 2.27. The lowest BCUT2D eigenvalue weighted by Crippen LogP contribution is -2.53. The van der Waals surface area contributed by atoms with E-state index in [0.29, 0.717) is 5.82 Å². The predicted molar refractivity (Wildman–Crippen MR) is 117 cm³/mol. The molecule has 31 heavy (non-hydrogen) atoms. The van der Waals surface area contributed by atoms with Crippen LogP contribution < -0.4 is 9.80 Å². The highest BCUT2D eigenvalue weighted by atomic mass is 16.4. The van der Waals surface area contributed by atoms with Crippen molar-refractivity contribution in [3.63, 3.8) is 0 Å². The van der Waals surface area contributed by atoms with E-state index in [9.17, 15) is 4.79 Å². The number of hydrogen-bond donors (Lipinski definition) is 1. The Morgan fingerprint density at radius 2 is 1.87 bits per heavy atom. The third kappa shape index (κ3) is 4.30. The van der Waals surface area contributed by atoms with Crippen molar-refractivity contribution in [2.45, 2.75) is 33.2 Å². The zero-order valence-corrected chi connectivity index (χ0v) is 17.9. The Morgan fingerprint density at radius 3 is 2.52 bits per heavy atom. The molecule has 1 atom stereocenters. The molecule has 4 heterocycles. The van der Waals surface area contributed by atoms with Gasteiger partial charge in [-0.25, -0.2) is 14.8 Å². The van der Waals surface area contributed by atoms with Gasteiger partial charge in [0.05, 0.1) is 18.1 Å². The molecule has 3 aromatic rings. The Kier molecular flexibility index (Phi) is 5.75. The van der Waals surface area contributed by atoms with E-state index >= 15 is 0 Å². The molecule has 0 aromatic carbocycles. The number of aromatic nitrogens is 5. The van der Waals surface area contributed by atoms with Gasteiger partial charge in [0.15, 0.2) is 11.5 Å². The van der Waals surface area contributed by atoms with Crippen molar-refractivity contribution in [2.75, 3.05) is 29.4 Å². The van der Waals surface area contributed by atoms with Gasteiger partial charge >= 0.3 is 5.97 Å². The van der Waals surface area contributed by atoms with E-state index in [0.717, 1.165) is 54.3 Å². The smallest absolute Gasteiger partial charge is 0.356 e. The van der Waals surface area contributed by atoms with Gasteiger partial charge in [-0.3, -0.25) is 4.98 Å². The maximum Gasteiger partial charge on any atom is 0.356 e. The third-order valence-electron chi connectivity index (χ3n) is 5.80. The number of hydrogen-bond acceptors (Lipinski definition) is 8. The summed E-state index contributed by atoms with van der Waals surface area (Å²) in [6.45, 7) is 8.59. The molecule has 0 aliphatic carbocycles. The number of rotatable bonds is 5. The average Bonchev–Trinajstić information content (AvgIpc) is 2.78. The zero-order valence-electron chi connectivity index (χ0n) is 17.9. The zero-order chi connectivity index (χ0) is 22.0. The minimum absolute atomic E-state index is 0.0525. The summed E-state index contributed by atoms with van der Waals surface area (Å²) in [7, 11) is 0. The summed E-state index contributed by atoms with van der Waals surface area (Å²) in [6.07, 6.45) is 7.15. The lowest BCUT2D eigenvalue weighted by molar-refractivity contribution is 0.0690. The van der Waals surface area contributed by atoms with Gasteiger partial charge in [-0.1, -0.05) is 0 Å². The lowest BCUT2D eigenvalue weighted by Gasteiger charge is -2.41. The molecular formula is C22H25N7O2. The van der Waals surface area contributed by atoms with Crippen LogP contribution in [0.4, 0.5) is 11.6 Å². The first-order valence-electron chi connectivity index (χ1n) is 10.2. The number of nitrogens with zero attached hydrogens (tertiary/aromatic N) is 7. The second kappa shape index (κ2) is 8.63. The van der Waals surface area contributed by atoms with Crippen molar-refractivity contribution in [1.29, 1.82) is 0 Å². The van der Waals surface area contributed by atoms with E-state index in [-0.39, 0.29) is 11.7 Å². The highest BCUT2D eigenvalue weighted by molar-refractivity contribution is 5.84. The molecule has 0 saturated carbocycles. The fourth-order valence-electron chi connectivity index (χ4n) is 3.87. The van der Waals surface area contributed by atoms with Crippen molar-refractivity contribution in [3.05, 3.63) is 65.0 Å². The molecule has 4 rings (SSSR count). The Labute approximate surface area is 180 Å². The van der Waals surface area contributed by atoms with E-state index in [4.69, 9.17) is 5.11 Å². The fraction of sp³-hybridized carbons (Fsp3) is 0.364. The summed E-state index contributed by atoms with van der Waals surface area (Å²) >= 11 is 0. The fourth-order valence-corrected chi connectivity index (χ4v) is 3.87. The summed E-state index contributed by atoms with van der Waals surface area (Å²) in [5, 5.41) is 18.1. The summed E-state index contributed by atoms with van der Waals surface area (Å²) in [5.74, 6) is 0.521. The average molecular weight is 419 g/mol. The molecule has 0 amide bonds. The first-order chi connectivity index (χ1) is 14.9. The van der Waals surface area contributed by atoms with Crippen LogP contribution in [0.1, 0.15) is 39.8 Å². The standard InChI is InChI=1S/C22H25N7O2/c1-14-13-28(8-9-29(14)20-12-24-19(11-25-20)22(30)31)21-16(3)15(2)18(26-27-21)10-17-4-6-23-7-5-17/h4-7,11-12,14H,8-10,13H2,1-3H3,(H,30,31)/t14-/m1/s1. The van der Waals surface area contributed by atoms with Crippen molar-refractivity contribution < 1.29 is 9.90 Å². The maximum atomic E-state index is 11.0. The molecule has 0 spiro atoms. The Balaban J connectivity index is 1.48. The second-order valence-electron chi connectivity index (χ2n) is 7.81. The van der Waals surface area contributed by atoms with Gasteiger partial charge in [-0.05, 0) is 49.6 Å². The van der Waals surface area contributed by atoms with Gasteiger partial charge in [0.2, 0.25) is 0 Å². The van der Waals surface area contributed by atoms with Gasteiger partial charge in [0.1, 0.15) is 5.82 Å². The first kappa shape index (κ1) is 20.6. The van der Waals surface area contributed by atoms with Gasteiger partial charge < -0.3 is 14.9 Å². The van der Waals surface area contributed by atoms with E-state index in [1.165, 1.54) is 12.4 Å². The van der Waals surface area contributed by atoms with E-state index in [1.54, 1.807) is 12.4 Å². The molecule has 9 heteroatoms. The number of carbonyl (C=O) groups is 1. The molecule has 1 fully saturated rings. The van der Waals surface area contributed by atoms with Crippen molar-refractivity contribution in [2.24, 2.45) is 0 Å². The molecule has 9 nitrogen and oxygen atoms in total. The maximum absolute atomic E-state index is 11.0. The molecule has 3 aromatic heterocycles. The Bertz CT molecular complexity index is 1070. The molecule has 0 unspecified atom stereocenters. The van der Waals surface area contributed by atoms with Gasteiger partial charge in [-0.2, -0.15) is 5.10 Å². The third-order valence-corrected chi connectivity index (χ3v) is 5.80. The topological polar surface area (TPSA) is 108 Å². The minimum Gasteiger partial charge on any atom is -0.476 e. The van der Waals surface area contributed by atoms with Gasteiger partial charge in [0.25, 0.3) is 0 Å². The number of pyridine rings is 1. The molecule has 1 N–H and O–H groups in total. The van der Waals surface area contributed by atoms with Gasteiger partial charge in [0, 0.05) is 44.5 Å². The quantitative estimate of drug-likeness (QED) is 0.666. The largest absolute Gasteiger partial charge is 0.476 e. The van der Waals surface area contributed by atoms with E-state index in [1.807, 2.05) is 12.1 Å². The Hall–Kier alpha value is -3.62. The van der Waals surface area contributed by atoms with Crippen LogP contribution in [-0.2, 0) is 6.42 Å². The van der Waals surface area contributed by atoms with Crippen LogP contribution in [0.2, 0.25) is 0 Å². The van der Waals surface area contributed by atoms with E-state index in [2.05, 4.69) is 55.7 Å². The number of carboxylic acids is 1. The molecule has 0 bridgehead atoms. The number of piperazine rings is 1. The SMILES string of the molecule is Cc1c(Cc2ccncc2)nnc(N2CCN(c3cnc(C(=O)O)cn3)[C@H](C)C2)c1C. The molecule has 1 aliphatic rings. The molecule has 0 radical (unpaired) electrons. The molecule has 160 valence electrons. The number of anilines is 2. The first-order valence-corrected chi connectivity index (χ1v) is 10.2. The molecule has 1 saturated heterocycles. The summed E-state index contributed by atoms with van der Waals surface area (Å²) in [5.41, 5.74) is 4.39. The number of carboxylic acid groups (broad SMARTS) is 1. The Morgan fingerprint density at radius 1 is 1.10 bits per heavy atom. The number of aromatic carboxylic acids is 1.